The number of hydrogen-bond acceptors (Lipinski definition) is 6. The Morgan fingerprint density at radius 2 is 1.89 bits per heavy atom. The van der Waals surface area contributed by atoms with E-state index in [-0.39, 0.29) is 5.91 Å². The summed E-state index contributed by atoms with van der Waals surface area (Å²) in [5, 5.41) is 5.97. The van der Waals surface area contributed by atoms with Crippen molar-refractivity contribution in [3.63, 3.8) is 0 Å². The van der Waals surface area contributed by atoms with E-state index in [1.807, 2.05) is 17.5 Å². The molecule has 3 aromatic rings. The van der Waals surface area contributed by atoms with Gasteiger partial charge in [0.2, 0.25) is 0 Å². The number of carbonyl (C=O) groups is 1. The Morgan fingerprint density at radius 3 is 2.64 bits per heavy atom. The van der Waals surface area contributed by atoms with E-state index in [0.29, 0.717) is 11.4 Å². The van der Waals surface area contributed by atoms with Gasteiger partial charge in [-0.15, -0.1) is 22.7 Å². The van der Waals surface area contributed by atoms with Crippen LogP contribution < -0.4 is 10.2 Å². The lowest BCUT2D eigenvalue weighted by Gasteiger charge is -2.36. The maximum atomic E-state index is 12.3. The van der Waals surface area contributed by atoms with Crippen molar-refractivity contribution in [1.29, 1.82) is 0 Å². The van der Waals surface area contributed by atoms with Crippen LogP contribution in [0.2, 0.25) is 0 Å². The summed E-state index contributed by atoms with van der Waals surface area (Å²) in [5.41, 5.74) is 1.31. The number of benzene rings is 1. The average molecular weight is 413 g/mol. The molecule has 28 heavy (non-hydrogen) atoms. The van der Waals surface area contributed by atoms with Crippen molar-refractivity contribution in [3.8, 4) is 9.88 Å². The molecule has 5 nitrogen and oxygen atoms in total. The first-order valence-corrected chi connectivity index (χ1v) is 11.3. The van der Waals surface area contributed by atoms with Crippen LogP contribution in [0.3, 0.4) is 0 Å². The van der Waals surface area contributed by atoms with Gasteiger partial charge in [-0.1, -0.05) is 24.3 Å². The number of nitrogens with zero attached hydrogens (tertiary/aromatic N) is 3. The van der Waals surface area contributed by atoms with E-state index in [0.717, 1.165) is 49.0 Å². The third-order valence-corrected chi connectivity index (χ3v) is 6.93. The predicted octanol–water partition coefficient (Wildman–Crippen LogP) is 3.81. The van der Waals surface area contributed by atoms with Crippen LogP contribution >= 0.6 is 22.7 Å². The highest BCUT2D eigenvalue weighted by Gasteiger charge is 2.17. The van der Waals surface area contributed by atoms with E-state index >= 15 is 0 Å². The number of carbonyl (C=O) groups excluding carboxylic acids is 1. The van der Waals surface area contributed by atoms with Crippen LogP contribution in [0.15, 0.2) is 54.0 Å². The number of para-hydroxylation sites is 1. The lowest BCUT2D eigenvalue weighted by atomic mass is 10.2. The Labute approximate surface area is 173 Å². The molecular weight excluding hydrogens is 388 g/mol. The summed E-state index contributed by atoms with van der Waals surface area (Å²) in [5.74, 6) is -0.0193. The van der Waals surface area contributed by atoms with Crippen LogP contribution in [0.5, 0.6) is 0 Å². The molecule has 1 saturated heterocycles. The van der Waals surface area contributed by atoms with Gasteiger partial charge in [0, 0.05) is 38.4 Å². The van der Waals surface area contributed by atoms with Gasteiger partial charge in [-0.3, -0.25) is 9.69 Å². The molecule has 1 N–H and O–H groups in total. The standard InChI is InChI=1S/C21H24N4OS2/c26-20(19-16-23-21(28-19)18-8-4-15-27-18)22-9-5-10-24-11-13-25(14-12-24)17-6-2-1-3-7-17/h1-4,6-8,15-16H,5,9-14H2,(H,22,26). The number of nitrogens with one attached hydrogen (secondary N) is 1. The molecule has 0 spiro atoms. The van der Waals surface area contributed by atoms with Crippen LogP contribution in [0.1, 0.15) is 16.1 Å². The summed E-state index contributed by atoms with van der Waals surface area (Å²) in [6.45, 7) is 5.98. The zero-order valence-corrected chi connectivity index (χ0v) is 17.3. The molecule has 0 radical (unpaired) electrons. The monoisotopic (exact) mass is 412 g/mol. The third-order valence-electron chi connectivity index (χ3n) is 4.89. The van der Waals surface area contributed by atoms with Crippen molar-refractivity contribution in [3.05, 3.63) is 58.9 Å². The number of aromatic nitrogens is 1. The smallest absolute Gasteiger partial charge is 0.263 e. The van der Waals surface area contributed by atoms with Gasteiger partial charge in [0.1, 0.15) is 9.88 Å². The topological polar surface area (TPSA) is 48.5 Å². The maximum absolute atomic E-state index is 12.3. The van der Waals surface area contributed by atoms with E-state index in [1.54, 1.807) is 17.5 Å². The molecular formula is C21H24N4OS2. The summed E-state index contributed by atoms with van der Waals surface area (Å²) in [4.78, 5) is 23.4. The van der Waals surface area contributed by atoms with Crippen molar-refractivity contribution >= 4 is 34.3 Å². The largest absolute Gasteiger partial charge is 0.369 e. The normalized spacial score (nSPS) is 14.9. The highest BCUT2D eigenvalue weighted by atomic mass is 32.1. The Kier molecular flexibility index (Phi) is 6.36. The molecule has 0 atom stereocenters. The molecule has 1 aliphatic rings. The number of anilines is 1. The molecule has 0 aliphatic carbocycles. The third kappa shape index (κ3) is 4.79. The Balaban J connectivity index is 1.16. The number of rotatable bonds is 7. The van der Waals surface area contributed by atoms with Gasteiger partial charge < -0.3 is 10.2 Å². The predicted molar refractivity (Wildman–Crippen MR) is 117 cm³/mol. The summed E-state index contributed by atoms with van der Waals surface area (Å²) in [6.07, 6.45) is 2.64. The molecule has 7 heteroatoms. The van der Waals surface area contributed by atoms with Crippen molar-refractivity contribution in [2.45, 2.75) is 6.42 Å². The molecule has 1 aromatic carbocycles. The number of hydrogen-bond donors (Lipinski definition) is 1. The molecule has 146 valence electrons. The lowest BCUT2D eigenvalue weighted by Crippen LogP contribution is -2.47. The second kappa shape index (κ2) is 9.32. The van der Waals surface area contributed by atoms with E-state index in [1.165, 1.54) is 17.0 Å². The van der Waals surface area contributed by atoms with Gasteiger partial charge in [-0.25, -0.2) is 4.98 Å². The van der Waals surface area contributed by atoms with Crippen LogP contribution in [-0.4, -0.2) is 55.1 Å². The molecule has 2 aromatic heterocycles. The zero-order chi connectivity index (χ0) is 19.2. The van der Waals surface area contributed by atoms with Crippen molar-refractivity contribution in [2.75, 3.05) is 44.2 Å². The number of thiazole rings is 1. The zero-order valence-electron chi connectivity index (χ0n) is 15.7. The average Bonchev–Trinajstić information content (AvgIpc) is 3.44. The number of thiophene rings is 1. The lowest BCUT2D eigenvalue weighted by molar-refractivity contribution is 0.0955. The first-order chi connectivity index (χ1) is 13.8. The van der Waals surface area contributed by atoms with Gasteiger partial charge in [0.25, 0.3) is 5.91 Å². The molecule has 4 rings (SSSR count). The Bertz CT molecular complexity index is 871. The second-order valence-corrected chi connectivity index (χ2v) is 8.76. The maximum Gasteiger partial charge on any atom is 0.263 e. The van der Waals surface area contributed by atoms with Gasteiger partial charge >= 0.3 is 0 Å². The van der Waals surface area contributed by atoms with Gasteiger partial charge in [0.05, 0.1) is 11.1 Å². The minimum absolute atomic E-state index is 0.0193. The fourth-order valence-electron chi connectivity index (χ4n) is 3.35. The van der Waals surface area contributed by atoms with Crippen LogP contribution in [-0.2, 0) is 0 Å². The molecule has 3 heterocycles. The van der Waals surface area contributed by atoms with E-state index in [2.05, 4.69) is 50.4 Å². The van der Waals surface area contributed by atoms with Gasteiger partial charge in [-0.05, 0) is 36.5 Å². The van der Waals surface area contributed by atoms with Crippen LogP contribution in [0.4, 0.5) is 5.69 Å². The fraction of sp³-hybridized carbons (Fsp3) is 0.333. The summed E-state index contributed by atoms with van der Waals surface area (Å²) >= 11 is 3.10. The highest BCUT2D eigenvalue weighted by Crippen LogP contribution is 2.28. The highest BCUT2D eigenvalue weighted by molar-refractivity contribution is 7.21. The molecule has 0 bridgehead atoms. The van der Waals surface area contributed by atoms with E-state index in [4.69, 9.17) is 0 Å². The minimum atomic E-state index is -0.0193. The van der Waals surface area contributed by atoms with Crippen LogP contribution in [0, 0.1) is 0 Å². The van der Waals surface area contributed by atoms with Crippen LogP contribution in [0.25, 0.3) is 9.88 Å². The van der Waals surface area contributed by atoms with Crippen molar-refractivity contribution in [1.82, 2.24) is 15.2 Å². The molecule has 1 fully saturated rings. The Morgan fingerprint density at radius 1 is 1.07 bits per heavy atom. The molecule has 0 unspecified atom stereocenters. The second-order valence-electron chi connectivity index (χ2n) is 6.78. The molecule has 1 aliphatic heterocycles. The summed E-state index contributed by atoms with van der Waals surface area (Å²) in [7, 11) is 0. The number of piperazine rings is 1. The quantitative estimate of drug-likeness (QED) is 0.600. The first kappa shape index (κ1) is 19.1. The first-order valence-electron chi connectivity index (χ1n) is 9.60. The Hall–Kier alpha value is -2.22. The number of amides is 1. The fourth-order valence-corrected chi connectivity index (χ4v) is 4.99. The van der Waals surface area contributed by atoms with Crippen molar-refractivity contribution in [2.24, 2.45) is 0 Å². The van der Waals surface area contributed by atoms with Gasteiger partial charge in [-0.2, -0.15) is 0 Å². The van der Waals surface area contributed by atoms with Crippen molar-refractivity contribution < 1.29 is 4.79 Å². The van der Waals surface area contributed by atoms with E-state index < -0.39 is 0 Å². The molecule has 1 amide bonds. The summed E-state index contributed by atoms with van der Waals surface area (Å²) in [6, 6.07) is 14.6. The molecule has 0 saturated carbocycles. The van der Waals surface area contributed by atoms with Gasteiger partial charge in [0.15, 0.2) is 0 Å². The minimum Gasteiger partial charge on any atom is -0.369 e. The van der Waals surface area contributed by atoms with E-state index in [9.17, 15) is 4.79 Å². The summed E-state index contributed by atoms with van der Waals surface area (Å²) < 4.78 is 0. The SMILES string of the molecule is O=C(NCCCN1CCN(c2ccccc2)CC1)c1cnc(-c2cccs2)s1.